The second-order valence-electron chi connectivity index (χ2n) is 5.34. The van der Waals surface area contributed by atoms with Gasteiger partial charge < -0.3 is 10.0 Å². The first-order valence-electron chi connectivity index (χ1n) is 6.92. The van der Waals surface area contributed by atoms with Gasteiger partial charge in [-0.25, -0.2) is 4.79 Å². The van der Waals surface area contributed by atoms with Crippen molar-refractivity contribution >= 4 is 37.9 Å². The number of rotatable bonds is 2. The predicted octanol–water partition coefficient (Wildman–Crippen LogP) is 1.57. The smallest absolute Gasteiger partial charge is 0.407 e. The molecule has 0 aromatic heterocycles. The van der Waals surface area contributed by atoms with E-state index in [1.807, 2.05) is 6.07 Å². The van der Waals surface area contributed by atoms with Crippen molar-refractivity contribution in [1.82, 2.24) is 9.21 Å². The van der Waals surface area contributed by atoms with E-state index >= 15 is 0 Å². The molecular weight excluding hydrogens is 374 g/mol. The summed E-state index contributed by atoms with van der Waals surface area (Å²) in [6, 6.07) is 6.87. The van der Waals surface area contributed by atoms with Gasteiger partial charge in [0, 0.05) is 36.7 Å². The zero-order valence-corrected chi connectivity index (χ0v) is 14.1. The molecule has 7 nitrogen and oxygen atoms in total. The number of likely N-dealkylation sites (tertiary alicyclic amines) is 1. The van der Waals surface area contributed by atoms with Crippen LogP contribution in [0.4, 0.5) is 10.5 Å². The lowest BCUT2D eigenvalue weighted by Crippen LogP contribution is -2.42. The first kappa shape index (κ1) is 15.6. The van der Waals surface area contributed by atoms with Crippen LogP contribution in [0.1, 0.15) is 6.42 Å². The number of hydrogen-bond acceptors (Lipinski definition) is 3. The van der Waals surface area contributed by atoms with E-state index in [1.54, 1.807) is 18.2 Å². The number of carbonyl (C=O) groups is 1. The summed E-state index contributed by atoms with van der Waals surface area (Å²) in [4.78, 5) is 12.3. The first-order valence-corrected chi connectivity index (χ1v) is 9.11. The molecule has 9 heteroatoms. The maximum Gasteiger partial charge on any atom is 0.407 e. The van der Waals surface area contributed by atoms with Crippen LogP contribution in [0.15, 0.2) is 28.7 Å². The van der Waals surface area contributed by atoms with Crippen LogP contribution in [0.25, 0.3) is 0 Å². The standard InChI is InChI=1S/C13H16BrN3O4S/c14-10-2-1-3-11(8-10)16-6-7-17(22(16,20)21)12-4-5-15(9-12)13(18)19/h1-3,8,12H,4-7,9H2,(H,18,19). The molecule has 2 fully saturated rings. The second kappa shape index (κ2) is 5.71. The third kappa shape index (κ3) is 2.68. The summed E-state index contributed by atoms with van der Waals surface area (Å²) >= 11 is 3.34. The summed E-state index contributed by atoms with van der Waals surface area (Å²) in [5.74, 6) is 0. The molecule has 120 valence electrons. The van der Waals surface area contributed by atoms with Gasteiger partial charge in [-0.1, -0.05) is 22.0 Å². The summed E-state index contributed by atoms with van der Waals surface area (Å²) in [7, 11) is -3.60. The Morgan fingerprint density at radius 1 is 1.27 bits per heavy atom. The van der Waals surface area contributed by atoms with E-state index in [2.05, 4.69) is 15.9 Å². The minimum Gasteiger partial charge on any atom is -0.465 e. The lowest BCUT2D eigenvalue weighted by atomic mass is 10.2. The van der Waals surface area contributed by atoms with E-state index in [1.165, 1.54) is 13.5 Å². The molecule has 0 radical (unpaired) electrons. The van der Waals surface area contributed by atoms with E-state index in [4.69, 9.17) is 5.11 Å². The summed E-state index contributed by atoms with van der Waals surface area (Å²) in [6.07, 6.45) is -0.458. The fraction of sp³-hybridized carbons (Fsp3) is 0.462. The Labute approximate surface area is 137 Å². The Morgan fingerprint density at radius 3 is 2.68 bits per heavy atom. The minimum atomic E-state index is -3.60. The highest BCUT2D eigenvalue weighted by Crippen LogP contribution is 2.30. The van der Waals surface area contributed by atoms with Gasteiger partial charge in [0.2, 0.25) is 0 Å². The minimum absolute atomic E-state index is 0.237. The molecule has 1 N–H and O–H groups in total. The molecule has 0 spiro atoms. The van der Waals surface area contributed by atoms with Gasteiger partial charge >= 0.3 is 16.3 Å². The Morgan fingerprint density at radius 2 is 2.05 bits per heavy atom. The third-order valence-corrected chi connectivity index (χ3v) is 6.55. The van der Waals surface area contributed by atoms with Gasteiger partial charge in [-0.2, -0.15) is 12.7 Å². The van der Waals surface area contributed by atoms with Crippen LogP contribution in [-0.4, -0.2) is 61.0 Å². The van der Waals surface area contributed by atoms with Crippen LogP contribution in [0.5, 0.6) is 0 Å². The predicted molar refractivity (Wildman–Crippen MR) is 85.1 cm³/mol. The number of benzene rings is 1. The van der Waals surface area contributed by atoms with Crippen molar-refractivity contribution in [2.24, 2.45) is 0 Å². The van der Waals surface area contributed by atoms with E-state index in [9.17, 15) is 13.2 Å². The van der Waals surface area contributed by atoms with E-state index in [0.717, 1.165) is 4.47 Å². The largest absolute Gasteiger partial charge is 0.465 e. The normalized spacial score (nSPS) is 24.9. The maximum atomic E-state index is 12.7. The molecule has 1 amide bonds. The van der Waals surface area contributed by atoms with Crippen LogP contribution < -0.4 is 4.31 Å². The molecule has 0 bridgehead atoms. The topological polar surface area (TPSA) is 81.2 Å². The van der Waals surface area contributed by atoms with Crippen molar-refractivity contribution in [1.29, 1.82) is 0 Å². The molecule has 3 rings (SSSR count). The molecule has 2 saturated heterocycles. The molecule has 1 aromatic carbocycles. The quantitative estimate of drug-likeness (QED) is 0.831. The molecule has 22 heavy (non-hydrogen) atoms. The number of anilines is 1. The monoisotopic (exact) mass is 389 g/mol. The van der Waals surface area contributed by atoms with Gasteiger partial charge in [-0.05, 0) is 24.6 Å². The molecule has 1 atom stereocenters. The molecule has 0 aliphatic carbocycles. The van der Waals surface area contributed by atoms with Crippen molar-refractivity contribution in [2.45, 2.75) is 12.5 Å². The highest BCUT2D eigenvalue weighted by molar-refractivity contribution is 9.10. The van der Waals surface area contributed by atoms with Gasteiger partial charge in [0.1, 0.15) is 0 Å². The van der Waals surface area contributed by atoms with Gasteiger partial charge in [0.05, 0.1) is 5.69 Å². The van der Waals surface area contributed by atoms with Crippen LogP contribution >= 0.6 is 15.9 Å². The zero-order valence-electron chi connectivity index (χ0n) is 11.7. The van der Waals surface area contributed by atoms with E-state index in [0.29, 0.717) is 31.7 Å². The lowest BCUT2D eigenvalue weighted by molar-refractivity contribution is 0.153. The molecule has 0 saturated carbocycles. The Hall–Kier alpha value is -1.32. The fourth-order valence-electron chi connectivity index (χ4n) is 2.96. The SMILES string of the molecule is O=C(O)N1CCC(N2CCN(c3cccc(Br)c3)S2(=O)=O)C1. The highest BCUT2D eigenvalue weighted by Gasteiger charge is 2.43. The molecular formula is C13H16BrN3O4S. The number of carboxylic acid groups (broad SMARTS) is 1. The van der Waals surface area contributed by atoms with Crippen molar-refractivity contribution in [3.63, 3.8) is 0 Å². The highest BCUT2D eigenvalue weighted by atomic mass is 79.9. The van der Waals surface area contributed by atoms with Crippen LogP contribution in [0.3, 0.4) is 0 Å². The molecule has 2 aliphatic heterocycles. The number of halogens is 1. The lowest BCUT2D eigenvalue weighted by Gasteiger charge is -2.24. The van der Waals surface area contributed by atoms with Gasteiger partial charge in [-0.3, -0.25) is 4.31 Å². The second-order valence-corrected chi connectivity index (χ2v) is 8.06. The Bertz CT molecular complexity index is 696. The van der Waals surface area contributed by atoms with Gasteiger partial charge in [-0.15, -0.1) is 0 Å². The Kier molecular flexibility index (Phi) is 4.04. The van der Waals surface area contributed by atoms with E-state index < -0.39 is 16.3 Å². The average Bonchev–Trinajstić information content (AvgIpc) is 3.02. The molecule has 1 unspecified atom stereocenters. The molecule has 1 aromatic rings. The Balaban J connectivity index is 1.81. The van der Waals surface area contributed by atoms with Crippen LogP contribution in [0, 0.1) is 0 Å². The van der Waals surface area contributed by atoms with Crippen molar-refractivity contribution in [3.05, 3.63) is 28.7 Å². The van der Waals surface area contributed by atoms with Crippen molar-refractivity contribution in [2.75, 3.05) is 30.5 Å². The van der Waals surface area contributed by atoms with Crippen molar-refractivity contribution in [3.8, 4) is 0 Å². The first-order chi connectivity index (χ1) is 10.4. The van der Waals surface area contributed by atoms with Gasteiger partial charge in [0.15, 0.2) is 0 Å². The maximum absolute atomic E-state index is 12.7. The summed E-state index contributed by atoms with van der Waals surface area (Å²) in [5, 5.41) is 9.01. The van der Waals surface area contributed by atoms with Gasteiger partial charge in [0.25, 0.3) is 0 Å². The summed E-state index contributed by atoms with van der Waals surface area (Å²) in [5.41, 5.74) is 0.616. The van der Waals surface area contributed by atoms with Crippen molar-refractivity contribution < 1.29 is 18.3 Å². The molecule has 2 aliphatic rings. The number of hydrogen-bond donors (Lipinski definition) is 1. The summed E-state index contributed by atoms with van der Waals surface area (Å²) in [6.45, 7) is 1.37. The van der Waals surface area contributed by atoms with Crippen LogP contribution in [-0.2, 0) is 10.2 Å². The molecule has 2 heterocycles. The number of amides is 1. The van der Waals surface area contributed by atoms with E-state index in [-0.39, 0.29) is 12.6 Å². The fourth-order valence-corrected chi connectivity index (χ4v) is 5.16. The third-order valence-electron chi connectivity index (χ3n) is 4.04. The zero-order chi connectivity index (χ0) is 15.9. The summed E-state index contributed by atoms with van der Waals surface area (Å²) < 4.78 is 29.1. The number of nitrogens with zero attached hydrogens (tertiary/aromatic N) is 3. The van der Waals surface area contributed by atoms with Crippen LogP contribution in [0.2, 0.25) is 0 Å². The average molecular weight is 390 g/mol.